The summed E-state index contributed by atoms with van der Waals surface area (Å²) in [6, 6.07) is 9.19. The maximum absolute atomic E-state index is 8.40. The highest BCUT2D eigenvalue weighted by Crippen LogP contribution is 2.12. The van der Waals surface area contributed by atoms with Crippen LogP contribution in [0, 0.1) is 11.5 Å². The summed E-state index contributed by atoms with van der Waals surface area (Å²) in [5.41, 5.74) is 12.2. The third-order valence-corrected chi connectivity index (χ3v) is 2.05. The monoisotopic (exact) mass is 227 g/mol. The molecule has 7 nitrogen and oxygen atoms in total. The largest absolute Gasteiger partial charge is 0.369 e. The second-order valence-electron chi connectivity index (χ2n) is 3.12. The lowest BCUT2D eigenvalue weighted by molar-refractivity contribution is 0.893. The summed E-state index contributed by atoms with van der Waals surface area (Å²) in [7, 11) is 0. The van der Waals surface area contributed by atoms with Gasteiger partial charge >= 0.3 is 0 Å². The molecule has 0 atom stereocenters. The number of benzene rings is 1. The standard InChI is InChI=1S/C10H9N7/c11-6-14-10-15-8(12)17(9(13)16-10)7-4-2-1-3-5-7/h1-5H,(H4,12,13,14,15,16). The van der Waals surface area contributed by atoms with Gasteiger partial charge in [-0.25, -0.2) is 0 Å². The summed E-state index contributed by atoms with van der Waals surface area (Å²) < 4.78 is 1.47. The minimum atomic E-state index is -0.0466. The zero-order valence-corrected chi connectivity index (χ0v) is 8.78. The second-order valence-corrected chi connectivity index (χ2v) is 3.12. The third kappa shape index (κ3) is 2.05. The van der Waals surface area contributed by atoms with E-state index in [9.17, 15) is 0 Å². The summed E-state index contributed by atoms with van der Waals surface area (Å²) in [5, 5.41) is 8.40. The van der Waals surface area contributed by atoms with Crippen molar-refractivity contribution in [2.24, 2.45) is 4.99 Å². The second kappa shape index (κ2) is 4.32. The van der Waals surface area contributed by atoms with Gasteiger partial charge in [-0.15, -0.1) is 4.99 Å². The molecule has 0 saturated carbocycles. The molecule has 84 valence electrons. The first-order valence-electron chi connectivity index (χ1n) is 4.72. The van der Waals surface area contributed by atoms with Gasteiger partial charge in [-0.2, -0.15) is 15.2 Å². The first-order valence-corrected chi connectivity index (χ1v) is 4.72. The van der Waals surface area contributed by atoms with E-state index in [4.69, 9.17) is 16.7 Å². The SMILES string of the molecule is N#CN=c1nc(N)n(-c2ccccc2)c(N)n1. The van der Waals surface area contributed by atoms with Gasteiger partial charge in [0.1, 0.15) is 0 Å². The van der Waals surface area contributed by atoms with Crippen molar-refractivity contribution in [1.82, 2.24) is 14.5 Å². The van der Waals surface area contributed by atoms with E-state index in [0.717, 1.165) is 5.69 Å². The van der Waals surface area contributed by atoms with E-state index in [2.05, 4.69) is 15.0 Å². The van der Waals surface area contributed by atoms with Crippen molar-refractivity contribution in [1.29, 1.82) is 5.26 Å². The summed E-state index contributed by atoms with van der Waals surface area (Å²) in [4.78, 5) is 11.1. The first-order chi connectivity index (χ1) is 8.22. The van der Waals surface area contributed by atoms with E-state index in [-0.39, 0.29) is 17.5 Å². The lowest BCUT2D eigenvalue weighted by Crippen LogP contribution is -2.23. The number of nitrogen functional groups attached to an aromatic ring is 2. The fraction of sp³-hybridized carbons (Fsp3) is 0. The van der Waals surface area contributed by atoms with Gasteiger partial charge in [-0.05, 0) is 12.1 Å². The van der Waals surface area contributed by atoms with Crippen LogP contribution in [-0.4, -0.2) is 14.5 Å². The Hall–Kier alpha value is -2.88. The summed E-state index contributed by atoms with van der Waals surface area (Å²) >= 11 is 0. The Labute approximate surface area is 96.7 Å². The zero-order chi connectivity index (χ0) is 12.3. The molecule has 0 amide bonds. The van der Waals surface area contributed by atoms with Crippen molar-refractivity contribution < 1.29 is 0 Å². The van der Waals surface area contributed by atoms with Crippen molar-refractivity contribution in [3.63, 3.8) is 0 Å². The van der Waals surface area contributed by atoms with Crippen molar-refractivity contribution in [3.05, 3.63) is 36.0 Å². The van der Waals surface area contributed by atoms with Crippen LogP contribution in [0.25, 0.3) is 5.69 Å². The highest BCUT2D eigenvalue weighted by Gasteiger charge is 2.06. The van der Waals surface area contributed by atoms with Crippen LogP contribution in [0.1, 0.15) is 0 Å². The highest BCUT2D eigenvalue weighted by molar-refractivity contribution is 5.44. The van der Waals surface area contributed by atoms with Crippen LogP contribution in [0.2, 0.25) is 0 Å². The molecule has 0 aliphatic carbocycles. The van der Waals surface area contributed by atoms with Gasteiger partial charge in [0, 0.05) is 0 Å². The van der Waals surface area contributed by atoms with Gasteiger partial charge in [0.25, 0.3) is 5.62 Å². The molecule has 0 spiro atoms. The Morgan fingerprint density at radius 1 is 1.12 bits per heavy atom. The van der Waals surface area contributed by atoms with Crippen molar-refractivity contribution in [3.8, 4) is 11.9 Å². The highest BCUT2D eigenvalue weighted by atomic mass is 15.3. The fourth-order valence-electron chi connectivity index (χ4n) is 1.38. The molecule has 2 rings (SSSR count). The lowest BCUT2D eigenvalue weighted by atomic mass is 10.3. The van der Waals surface area contributed by atoms with Crippen LogP contribution in [0.5, 0.6) is 0 Å². The van der Waals surface area contributed by atoms with E-state index in [1.54, 1.807) is 6.19 Å². The Morgan fingerprint density at radius 3 is 2.24 bits per heavy atom. The number of nitrogens with two attached hydrogens (primary N) is 2. The predicted octanol–water partition coefficient (Wildman–Crippen LogP) is -0.187. The maximum atomic E-state index is 8.40. The van der Waals surface area contributed by atoms with Crippen LogP contribution in [0.3, 0.4) is 0 Å². The molecule has 1 aromatic heterocycles. The molecule has 17 heavy (non-hydrogen) atoms. The van der Waals surface area contributed by atoms with Crippen LogP contribution in [-0.2, 0) is 0 Å². The van der Waals surface area contributed by atoms with E-state index in [0.29, 0.717) is 0 Å². The molecule has 0 aliphatic heterocycles. The average Bonchev–Trinajstić information content (AvgIpc) is 2.30. The molecule has 7 heteroatoms. The van der Waals surface area contributed by atoms with Crippen LogP contribution in [0.4, 0.5) is 11.9 Å². The van der Waals surface area contributed by atoms with Crippen molar-refractivity contribution in [2.75, 3.05) is 11.5 Å². The Kier molecular flexibility index (Phi) is 2.70. The lowest BCUT2D eigenvalue weighted by Gasteiger charge is -2.10. The number of hydrogen-bond donors (Lipinski definition) is 2. The van der Waals surface area contributed by atoms with Crippen LogP contribution < -0.4 is 17.1 Å². The molecule has 0 unspecified atom stereocenters. The van der Waals surface area contributed by atoms with Gasteiger partial charge in [-0.1, -0.05) is 18.2 Å². The smallest absolute Gasteiger partial charge is 0.266 e. The van der Waals surface area contributed by atoms with E-state index >= 15 is 0 Å². The van der Waals surface area contributed by atoms with Crippen molar-refractivity contribution >= 4 is 11.9 Å². The molecule has 2 aromatic rings. The van der Waals surface area contributed by atoms with Gasteiger partial charge in [0.2, 0.25) is 18.1 Å². The van der Waals surface area contributed by atoms with E-state index in [1.165, 1.54) is 4.57 Å². The molecular weight excluding hydrogens is 218 g/mol. The number of rotatable bonds is 1. The minimum Gasteiger partial charge on any atom is -0.369 e. The maximum Gasteiger partial charge on any atom is 0.266 e. The summed E-state index contributed by atoms with van der Waals surface area (Å²) in [6.45, 7) is 0. The zero-order valence-electron chi connectivity index (χ0n) is 8.78. The minimum absolute atomic E-state index is 0.0466. The molecule has 0 fully saturated rings. The predicted molar refractivity (Wildman–Crippen MR) is 61.4 cm³/mol. The Balaban J connectivity index is 2.66. The van der Waals surface area contributed by atoms with Gasteiger partial charge in [0.15, 0.2) is 0 Å². The molecule has 0 aliphatic rings. The van der Waals surface area contributed by atoms with Gasteiger partial charge < -0.3 is 11.5 Å². The Morgan fingerprint density at radius 2 is 1.71 bits per heavy atom. The van der Waals surface area contributed by atoms with E-state index < -0.39 is 0 Å². The Bertz CT molecular complexity index is 610. The number of aromatic nitrogens is 3. The van der Waals surface area contributed by atoms with E-state index in [1.807, 2.05) is 30.3 Å². The number of nitrogens with zero attached hydrogens (tertiary/aromatic N) is 5. The summed E-state index contributed by atoms with van der Waals surface area (Å²) in [6.07, 6.45) is 1.58. The number of hydrogen-bond acceptors (Lipinski definition) is 6. The number of para-hydroxylation sites is 1. The average molecular weight is 227 g/mol. The molecule has 0 saturated heterocycles. The fourth-order valence-corrected chi connectivity index (χ4v) is 1.38. The third-order valence-electron chi connectivity index (χ3n) is 2.05. The van der Waals surface area contributed by atoms with Gasteiger partial charge in [0.05, 0.1) is 5.69 Å². The molecule has 1 heterocycles. The first kappa shape index (κ1) is 10.6. The molecule has 1 aromatic carbocycles. The molecule has 0 radical (unpaired) electrons. The number of nitriles is 1. The molecule has 4 N–H and O–H groups in total. The topological polar surface area (TPSA) is 119 Å². The quantitative estimate of drug-likeness (QED) is 0.654. The normalized spacial score (nSPS) is 9.59. The van der Waals surface area contributed by atoms with Crippen LogP contribution in [0.15, 0.2) is 35.3 Å². The summed E-state index contributed by atoms with van der Waals surface area (Å²) in [5.74, 6) is 0.246. The van der Waals surface area contributed by atoms with Crippen molar-refractivity contribution in [2.45, 2.75) is 0 Å². The molecular formula is C10H9N7. The molecule has 0 bridgehead atoms. The van der Waals surface area contributed by atoms with Gasteiger partial charge in [-0.3, -0.25) is 4.57 Å². The van der Waals surface area contributed by atoms with Crippen LogP contribution >= 0.6 is 0 Å². The number of anilines is 2.